The predicted molar refractivity (Wildman–Crippen MR) is 66.9 cm³/mol. The van der Waals surface area contributed by atoms with Crippen LogP contribution in [0.5, 0.6) is 0 Å². The highest BCUT2D eigenvalue weighted by Crippen LogP contribution is 2.36. The van der Waals surface area contributed by atoms with Crippen molar-refractivity contribution in [2.45, 2.75) is 25.3 Å². The van der Waals surface area contributed by atoms with Gasteiger partial charge >= 0.3 is 0 Å². The second kappa shape index (κ2) is 4.15. The molecule has 1 amide bonds. The van der Waals surface area contributed by atoms with Gasteiger partial charge in [-0.05, 0) is 24.5 Å². The van der Waals surface area contributed by atoms with E-state index < -0.39 is 0 Å². The third kappa shape index (κ3) is 1.75. The fourth-order valence-electron chi connectivity index (χ4n) is 2.85. The van der Waals surface area contributed by atoms with E-state index in [9.17, 15) is 4.79 Å². The molecule has 0 spiro atoms. The van der Waals surface area contributed by atoms with E-state index in [0.29, 0.717) is 11.9 Å². The highest BCUT2D eigenvalue weighted by atomic mass is 16.2. The molecule has 0 saturated carbocycles. The van der Waals surface area contributed by atoms with Crippen LogP contribution in [0.3, 0.4) is 0 Å². The lowest BCUT2D eigenvalue weighted by atomic mass is 9.76. The molecule has 2 aliphatic rings. The lowest BCUT2D eigenvalue weighted by Gasteiger charge is -2.39. The van der Waals surface area contributed by atoms with Crippen LogP contribution in [0, 0.1) is 0 Å². The molecule has 3 rings (SSSR count). The summed E-state index contributed by atoms with van der Waals surface area (Å²) in [6.45, 7) is 4.80. The molecule has 1 saturated heterocycles. The van der Waals surface area contributed by atoms with Crippen molar-refractivity contribution in [3.05, 3.63) is 35.4 Å². The second-order valence-electron chi connectivity index (χ2n) is 5.04. The van der Waals surface area contributed by atoms with Gasteiger partial charge in [0.15, 0.2) is 0 Å². The fourth-order valence-corrected chi connectivity index (χ4v) is 2.85. The maximum atomic E-state index is 12.5. The summed E-state index contributed by atoms with van der Waals surface area (Å²) in [4.78, 5) is 14.5. The lowest BCUT2D eigenvalue weighted by molar-refractivity contribution is -0.136. The minimum absolute atomic E-state index is 0.117. The van der Waals surface area contributed by atoms with Gasteiger partial charge in [0.05, 0.1) is 5.92 Å². The highest BCUT2D eigenvalue weighted by molar-refractivity contribution is 5.87. The molecule has 1 aromatic rings. The number of benzene rings is 1. The van der Waals surface area contributed by atoms with Crippen molar-refractivity contribution in [1.82, 2.24) is 10.2 Å². The predicted octanol–water partition coefficient (Wildman–Crippen LogP) is 1.15. The first-order chi connectivity index (χ1) is 8.27. The van der Waals surface area contributed by atoms with Crippen LogP contribution in [0.4, 0.5) is 0 Å². The number of carbonyl (C=O) groups excluding carboxylic acids is 1. The summed E-state index contributed by atoms with van der Waals surface area (Å²) in [5.74, 6) is 0.435. The van der Waals surface area contributed by atoms with Crippen molar-refractivity contribution < 1.29 is 4.79 Å². The second-order valence-corrected chi connectivity index (χ2v) is 5.04. The summed E-state index contributed by atoms with van der Waals surface area (Å²) in [5.41, 5.74) is 2.58. The van der Waals surface area contributed by atoms with Gasteiger partial charge in [-0.25, -0.2) is 0 Å². The number of carbonyl (C=O) groups is 1. The standard InChI is InChI=1S/C14H18N2O/c1-10-9-15-6-7-16(10)14(17)13-8-11-4-2-3-5-12(11)13/h2-5,10,13,15H,6-9H2,1H3/t10-,13?/m1/s1. The number of amides is 1. The van der Waals surface area contributed by atoms with Crippen LogP contribution >= 0.6 is 0 Å². The summed E-state index contributed by atoms with van der Waals surface area (Å²) < 4.78 is 0. The van der Waals surface area contributed by atoms with Gasteiger partial charge in [-0.1, -0.05) is 24.3 Å². The van der Waals surface area contributed by atoms with Gasteiger partial charge in [-0.2, -0.15) is 0 Å². The van der Waals surface area contributed by atoms with Crippen molar-refractivity contribution in [3.63, 3.8) is 0 Å². The Morgan fingerprint density at radius 3 is 3.00 bits per heavy atom. The molecule has 1 unspecified atom stereocenters. The zero-order valence-electron chi connectivity index (χ0n) is 10.1. The molecule has 1 heterocycles. The van der Waals surface area contributed by atoms with Crippen molar-refractivity contribution in [2.75, 3.05) is 19.6 Å². The summed E-state index contributed by atoms with van der Waals surface area (Å²) in [6.07, 6.45) is 0.922. The molecule has 0 bridgehead atoms. The first-order valence-corrected chi connectivity index (χ1v) is 6.36. The molecule has 1 N–H and O–H groups in total. The summed E-state index contributed by atoms with van der Waals surface area (Å²) in [7, 11) is 0. The Morgan fingerprint density at radius 2 is 2.24 bits per heavy atom. The van der Waals surface area contributed by atoms with E-state index in [-0.39, 0.29) is 5.92 Å². The molecule has 2 atom stereocenters. The molecule has 17 heavy (non-hydrogen) atoms. The van der Waals surface area contributed by atoms with E-state index >= 15 is 0 Å². The maximum absolute atomic E-state index is 12.5. The molecule has 90 valence electrons. The first kappa shape index (κ1) is 10.8. The molecule has 1 fully saturated rings. The molecule has 3 nitrogen and oxygen atoms in total. The number of hydrogen-bond donors (Lipinski definition) is 1. The van der Waals surface area contributed by atoms with E-state index in [4.69, 9.17) is 0 Å². The van der Waals surface area contributed by atoms with Crippen LogP contribution in [0.2, 0.25) is 0 Å². The summed E-state index contributed by atoms with van der Waals surface area (Å²) in [6, 6.07) is 8.62. The van der Waals surface area contributed by atoms with E-state index in [1.54, 1.807) is 0 Å². The fraction of sp³-hybridized carbons (Fsp3) is 0.500. The Kier molecular flexibility index (Phi) is 2.63. The van der Waals surface area contributed by atoms with Crippen LogP contribution in [0.1, 0.15) is 24.0 Å². The molecule has 3 heteroatoms. The van der Waals surface area contributed by atoms with Gasteiger partial charge in [0.25, 0.3) is 0 Å². The average molecular weight is 230 g/mol. The zero-order chi connectivity index (χ0) is 11.8. The minimum atomic E-state index is 0.117. The van der Waals surface area contributed by atoms with Crippen LogP contribution in [-0.4, -0.2) is 36.5 Å². The quantitative estimate of drug-likeness (QED) is 0.785. The topological polar surface area (TPSA) is 32.3 Å². The van der Waals surface area contributed by atoms with Gasteiger partial charge in [0.1, 0.15) is 0 Å². The Hall–Kier alpha value is -1.35. The Morgan fingerprint density at radius 1 is 1.41 bits per heavy atom. The van der Waals surface area contributed by atoms with Crippen molar-refractivity contribution >= 4 is 5.91 Å². The highest BCUT2D eigenvalue weighted by Gasteiger charge is 2.36. The van der Waals surface area contributed by atoms with Crippen LogP contribution in [0.15, 0.2) is 24.3 Å². The summed E-state index contributed by atoms with van der Waals surface area (Å²) >= 11 is 0. The van der Waals surface area contributed by atoms with Crippen molar-refractivity contribution in [2.24, 2.45) is 0 Å². The Labute approximate surface area is 102 Å². The number of rotatable bonds is 1. The van der Waals surface area contributed by atoms with E-state index in [1.165, 1.54) is 11.1 Å². The third-order valence-corrected chi connectivity index (χ3v) is 3.94. The van der Waals surface area contributed by atoms with E-state index in [2.05, 4.69) is 24.4 Å². The smallest absolute Gasteiger partial charge is 0.230 e. The van der Waals surface area contributed by atoms with Gasteiger partial charge in [-0.15, -0.1) is 0 Å². The van der Waals surface area contributed by atoms with E-state index in [0.717, 1.165) is 26.1 Å². The van der Waals surface area contributed by atoms with Crippen LogP contribution in [-0.2, 0) is 11.2 Å². The van der Waals surface area contributed by atoms with Crippen LogP contribution in [0.25, 0.3) is 0 Å². The van der Waals surface area contributed by atoms with Gasteiger partial charge in [0, 0.05) is 25.7 Å². The monoisotopic (exact) mass is 230 g/mol. The molecule has 1 aliphatic heterocycles. The van der Waals surface area contributed by atoms with Gasteiger partial charge in [-0.3, -0.25) is 4.79 Å². The minimum Gasteiger partial charge on any atom is -0.337 e. The molecule has 1 aromatic carbocycles. The number of fused-ring (bicyclic) bond motifs is 1. The lowest BCUT2D eigenvalue weighted by Crippen LogP contribution is -2.54. The van der Waals surface area contributed by atoms with Crippen molar-refractivity contribution in [3.8, 4) is 0 Å². The third-order valence-electron chi connectivity index (χ3n) is 3.94. The number of piperazine rings is 1. The average Bonchev–Trinajstić information content (AvgIpc) is 2.31. The van der Waals surface area contributed by atoms with E-state index in [1.807, 2.05) is 17.0 Å². The number of nitrogens with one attached hydrogen (secondary N) is 1. The molecular weight excluding hydrogens is 212 g/mol. The summed E-state index contributed by atoms with van der Waals surface area (Å²) in [5, 5.41) is 3.32. The van der Waals surface area contributed by atoms with Crippen LogP contribution < -0.4 is 5.32 Å². The molecule has 0 radical (unpaired) electrons. The molecular formula is C14H18N2O. The largest absolute Gasteiger partial charge is 0.337 e. The maximum Gasteiger partial charge on any atom is 0.230 e. The SMILES string of the molecule is C[C@@H]1CNCCN1C(=O)C1Cc2ccccc21. The van der Waals surface area contributed by atoms with Gasteiger partial charge in [0.2, 0.25) is 5.91 Å². The first-order valence-electron chi connectivity index (χ1n) is 6.36. The Balaban J connectivity index is 1.76. The molecule has 1 aliphatic carbocycles. The number of hydrogen-bond acceptors (Lipinski definition) is 2. The number of nitrogens with zero attached hydrogens (tertiary/aromatic N) is 1. The van der Waals surface area contributed by atoms with Crippen molar-refractivity contribution in [1.29, 1.82) is 0 Å². The van der Waals surface area contributed by atoms with Gasteiger partial charge < -0.3 is 10.2 Å². The Bertz CT molecular complexity index is 444. The normalized spacial score (nSPS) is 27.2. The molecule has 0 aromatic heterocycles. The zero-order valence-corrected chi connectivity index (χ0v) is 10.1.